The van der Waals surface area contributed by atoms with E-state index < -0.39 is 23.9 Å². The van der Waals surface area contributed by atoms with Gasteiger partial charge in [0.25, 0.3) is 0 Å². The maximum Gasteiger partial charge on any atom is 2.00 e. The summed E-state index contributed by atoms with van der Waals surface area (Å²) in [7, 11) is 0. The second kappa shape index (κ2) is 32.1. The van der Waals surface area contributed by atoms with Crippen molar-refractivity contribution >= 4 is 23.9 Å². The van der Waals surface area contributed by atoms with Crippen molar-refractivity contribution in [3.63, 3.8) is 0 Å². The fourth-order valence-electron chi connectivity index (χ4n) is 0. The summed E-state index contributed by atoms with van der Waals surface area (Å²) in [6.45, 7) is 6.15. The number of rotatable bonds is 4. The Kier molecular flexibility index (Phi) is 54.3. The first kappa shape index (κ1) is 37.3. The Bertz CT molecular complexity index is 226. The maximum absolute atomic E-state index is 9.26. The Morgan fingerprint density at radius 1 is 0.500 bits per heavy atom. The van der Waals surface area contributed by atoms with Crippen molar-refractivity contribution in [2.75, 3.05) is 0 Å². The molecule has 0 rings (SSSR count). The summed E-state index contributed by atoms with van der Waals surface area (Å²) in [6, 6.07) is 0. The van der Waals surface area contributed by atoms with Gasteiger partial charge in [0.2, 0.25) is 0 Å². The summed E-state index contributed by atoms with van der Waals surface area (Å²) in [6.07, 6.45) is 0.444. The third kappa shape index (κ3) is 126. The van der Waals surface area contributed by atoms with E-state index in [0.29, 0.717) is 0 Å². The van der Waals surface area contributed by atoms with Crippen LogP contribution in [0.15, 0.2) is 0 Å². The van der Waals surface area contributed by atoms with Crippen LogP contribution in [-0.4, -0.2) is 23.9 Å². The molecule has 128 valence electrons. The third-order valence-electron chi connectivity index (χ3n) is 1.15. The second-order valence-electron chi connectivity index (χ2n) is 2.90. The molecule has 8 nitrogen and oxygen atoms in total. The van der Waals surface area contributed by atoms with Gasteiger partial charge >= 0.3 is 34.7 Å². The number of carboxylic acids is 4. The van der Waals surface area contributed by atoms with Gasteiger partial charge in [0.15, 0.2) is 0 Å². The molecule has 0 heterocycles. The molecule has 10 heteroatoms. The molecule has 0 saturated heterocycles. The van der Waals surface area contributed by atoms with Crippen molar-refractivity contribution < 1.29 is 74.3 Å². The van der Waals surface area contributed by atoms with Crippen LogP contribution in [0.3, 0.4) is 0 Å². The van der Waals surface area contributed by atoms with E-state index >= 15 is 0 Å². The summed E-state index contributed by atoms with van der Waals surface area (Å²) in [5, 5.41) is 37.0. The maximum atomic E-state index is 9.26. The first-order chi connectivity index (χ1) is 9.08. The van der Waals surface area contributed by atoms with Gasteiger partial charge in [0.05, 0.1) is 0 Å². The largest absolute Gasteiger partial charge is 2.00 e. The number of carbonyl (C=O) groups excluding carboxylic acids is 4. The summed E-state index contributed by atoms with van der Waals surface area (Å²) < 4.78 is 0. The molecule has 0 radical (unpaired) electrons. The molecule has 0 bridgehead atoms. The van der Waals surface area contributed by atoms with E-state index in [1.54, 1.807) is 0 Å². The molecule has 0 spiro atoms. The van der Waals surface area contributed by atoms with Gasteiger partial charge in [-0.1, -0.05) is 27.7 Å². The van der Waals surface area contributed by atoms with Gasteiger partial charge in [-0.2, -0.15) is 0 Å². The zero-order chi connectivity index (χ0) is 17.1. The molecule has 0 aromatic carbocycles. The standard InChI is InChI=1S/4C3H6O2.2Cr/c4*1-2-3(4)5;;/h4*2H2,1H3,(H,4,5);;/q;;;;2*+2/p-4. The fraction of sp³-hybridized carbons (Fsp3) is 0.667. The van der Waals surface area contributed by atoms with Crippen molar-refractivity contribution in [2.45, 2.75) is 53.4 Å². The van der Waals surface area contributed by atoms with Gasteiger partial charge in [-0.05, 0) is 25.7 Å². The van der Waals surface area contributed by atoms with Crippen LogP contribution in [0.1, 0.15) is 53.4 Å². The van der Waals surface area contributed by atoms with Crippen LogP contribution in [0.25, 0.3) is 0 Å². The molecule has 0 unspecified atom stereocenters. The number of aliphatic carboxylic acids is 4. The van der Waals surface area contributed by atoms with Gasteiger partial charge in [-0.3, -0.25) is 0 Å². The minimum Gasteiger partial charge on any atom is -0.550 e. The van der Waals surface area contributed by atoms with Gasteiger partial charge in [0.1, 0.15) is 0 Å². The van der Waals surface area contributed by atoms with Crippen molar-refractivity contribution in [3.05, 3.63) is 0 Å². The molecule has 0 N–H and O–H groups in total. The summed E-state index contributed by atoms with van der Waals surface area (Å²) >= 11 is 0. The minimum atomic E-state index is -0.995. The van der Waals surface area contributed by atoms with E-state index in [-0.39, 0.29) is 60.4 Å². The molecule has 0 aromatic heterocycles. The Morgan fingerprint density at radius 2 is 0.545 bits per heavy atom. The van der Waals surface area contributed by atoms with Crippen LogP contribution in [0.5, 0.6) is 0 Å². The average molecular weight is 396 g/mol. The monoisotopic (exact) mass is 396 g/mol. The van der Waals surface area contributed by atoms with Crippen molar-refractivity contribution in [1.29, 1.82) is 0 Å². The minimum absolute atomic E-state index is 0. The third-order valence-corrected chi connectivity index (χ3v) is 1.15. The fourth-order valence-corrected chi connectivity index (χ4v) is 0. The second-order valence-corrected chi connectivity index (χ2v) is 2.90. The van der Waals surface area contributed by atoms with Gasteiger partial charge in [0, 0.05) is 23.9 Å². The van der Waals surface area contributed by atoms with Crippen LogP contribution in [0, 0.1) is 0 Å². The average Bonchev–Trinajstić information content (AvgIpc) is 2.40. The smallest absolute Gasteiger partial charge is 0.550 e. The zero-order valence-electron chi connectivity index (χ0n) is 12.9. The number of hydrogen-bond acceptors (Lipinski definition) is 8. The molecule has 0 fully saturated rings. The number of carboxylic acid groups (broad SMARTS) is 4. The molecular weight excluding hydrogens is 376 g/mol. The van der Waals surface area contributed by atoms with Crippen molar-refractivity contribution in [2.24, 2.45) is 0 Å². The Morgan fingerprint density at radius 3 is 0.545 bits per heavy atom. The molecule has 0 aliphatic carbocycles. The summed E-state index contributed by atoms with van der Waals surface area (Å²) in [4.78, 5) is 37.0. The van der Waals surface area contributed by atoms with E-state index in [9.17, 15) is 39.6 Å². The van der Waals surface area contributed by atoms with E-state index in [4.69, 9.17) is 0 Å². The van der Waals surface area contributed by atoms with Gasteiger partial charge in [-0.25, -0.2) is 0 Å². The molecule has 22 heavy (non-hydrogen) atoms. The quantitative estimate of drug-likeness (QED) is 0.475. The Labute approximate surface area is 151 Å². The van der Waals surface area contributed by atoms with Crippen LogP contribution in [0.2, 0.25) is 0 Å². The van der Waals surface area contributed by atoms with Crippen LogP contribution >= 0.6 is 0 Å². The van der Waals surface area contributed by atoms with Crippen LogP contribution < -0.4 is 20.4 Å². The van der Waals surface area contributed by atoms with E-state index in [2.05, 4.69) is 0 Å². The summed E-state index contributed by atoms with van der Waals surface area (Å²) in [5.74, 6) is -3.98. The molecule has 0 atom stereocenters. The zero-order valence-corrected chi connectivity index (χ0v) is 15.5. The van der Waals surface area contributed by atoms with Crippen molar-refractivity contribution in [1.82, 2.24) is 0 Å². The van der Waals surface area contributed by atoms with Gasteiger partial charge in [-0.15, -0.1) is 0 Å². The first-order valence-electron chi connectivity index (χ1n) is 5.88. The van der Waals surface area contributed by atoms with Crippen molar-refractivity contribution in [3.8, 4) is 0 Å². The SMILES string of the molecule is CCC(=O)[O-].CCC(=O)[O-].CCC(=O)[O-].CCC(=O)[O-].[Cr+2].[Cr+2]. The molecule has 0 saturated carbocycles. The van der Waals surface area contributed by atoms with E-state index in [1.165, 1.54) is 27.7 Å². The Balaban J connectivity index is -0.0000000376. The van der Waals surface area contributed by atoms with Crippen LogP contribution in [-0.2, 0) is 53.9 Å². The molecule has 0 aliphatic heterocycles. The summed E-state index contributed by atoms with van der Waals surface area (Å²) in [5.41, 5.74) is 0. The molecule has 0 aliphatic rings. The van der Waals surface area contributed by atoms with E-state index in [1.807, 2.05) is 0 Å². The molecule has 0 amide bonds. The van der Waals surface area contributed by atoms with E-state index in [0.717, 1.165) is 0 Å². The molecule has 0 aromatic rings. The van der Waals surface area contributed by atoms with Gasteiger partial charge < -0.3 is 39.6 Å². The topological polar surface area (TPSA) is 161 Å². The first-order valence-corrected chi connectivity index (χ1v) is 5.88. The Hall–Kier alpha value is -1.06. The normalized spacial score (nSPS) is 6.73. The number of carbonyl (C=O) groups is 4. The molecular formula is C12H20Cr2O8. The van der Waals surface area contributed by atoms with Crippen LogP contribution in [0.4, 0.5) is 0 Å². The predicted molar refractivity (Wildman–Crippen MR) is 61.2 cm³/mol. The number of hydrogen-bond donors (Lipinski definition) is 0. The predicted octanol–water partition coefficient (Wildman–Crippen LogP) is -3.42.